The minimum atomic E-state index is -4.75. The van der Waals surface area contributed by atoms with Crippen molar-refractivity contribution in [2.24, 2.45) is 0 Å². The number of aromatic nitrogens is 1. The van der Waals surface area contributed by atoms with Crippen molar-refractivity contribution in [1.29, 1.82) is 5.26 Å². The molecule has 0 radical (unpaired) electrons. The number of carbonyl (C=O) groups is 1. The maximum absolute atomic E-state index is 14.5. The quantitative estimate of drug-likeness (QED) is 0.544. The van der Waals surface area contributed by atoms with E-state index in [0.29, 0.717) is 17.5 Å². The number of para-hydroxylation sites is 2. The highest BCUT2D eigenvalue weighted by Crippen LogP contribution is 2.33. The lowest BCUT2D eigenvalue weighted by atomic mass is 9.98. The largest absolute Gasteiger partial charge is 0.495 e. The SMILES string of the molecule is COc1ccccc1N(C)C(=O)c1ccc(F)c(-c2cnc(C(F)(F)F)cc2C#N)c1. The third-order valence-corrected chi connectivity index (χ3v) is 4.57. The summed E-state index contributed by atoms with van der Waals surface area (Å²) in [5, 5.41) is 9.28. The van der Waals surface area contributed by atoms with E-state index < -0.39 is 29.2 Å². The summed E-state index contributed by atoms with van der Waals surface area (Å²) in [6.45, 7) is 0. The number of methoxy groups -OCH3 is 1. The molecule has 3 aromatic rings. The molecule has 0 fully saturated rings. The van der Waals surface area contributed by atoms with E-state index in [1.54, 1.807) is 30.3 Å². The molecule has 5 nitrogen and oxygen atoms in total. The van der Waals surface area contributed by atoms with Gasteiger partial charge in [0.2, 0.25) is 0 Å². The zero-order chi connectivity index (χ0) is 22.8. The van der Waals surface area contributed by atoms with E-state index in [4.69, 9.17) is 4.74 Å². The van der Waals surface area contributed by atoms with E-state index in [9.17, 15) is 27.6 Å². The lowest BCUT2D eigenvalue weighted by Crippen LogP contribution is -2.26. The average Bonchev–Trinajstić information content (AvgIpc) is 2.77. The predicted molar refractivity (Wildman–Crippen MR) is 105 cm³/mol. The number of amides is 1. The first kappa shape index (κ1) is 21.8. The van der Waals surface area contributed by atoms with E-state index in [2.05, 4.69) is 4.98 Å². The highest BCUT2D eigenvalue weighted by atomic mass is 19.4. The number of nitriles is 1. The zero-order valence-electron chi connectivity index (χ0n) is 16.4. The molecule has 31 heavy (non-hydrogen) atoms. The molecule has 0 aliphatic carbocycles. The summed E-state index contributed by atoms with van der Waals surface area (Å²) in [6, 6.07) is 12.4. The highest BCUT2D eigenvalue weighted by molar-refractivity contribution is 6.07. The molecule has 2 aromatic carbocycles. The highest BCUT2D eigenvalue weighted by Gasteiger charge is 2.33. The Labute approximate surface area is 175 Å². The molecule has 1 aromatic heterocycles. The number of anilines is 1. The van der Waals surface area contributed by atoms with Crippen molar-refractivity contribution in [3.63, 3.8) is 0 Å². The third kappa shape index (κ3) is 4.33. The summed E-state index contributed by atoms with van der Waals surface area (Å²) in [4.78, 5) is 17.6. The molecule has 0 aliphatic heterocycles. The Balaban J connectivity index is 2.05. The van der Waals surface area contributed by atoms with Gasteiger partial charge in [-0.2, -0.15) is 18.4 Å². The Morgan fingerprint density at radius 1 is 1.13 bits per heavy atom. The van der Waals surface area contributed by atoms with Gasteiger partial charge in [-0.05, 0) is 36.4 Å². The summed E-state index contributed by atoms with van der Waals surface area (Å²) in [5.74, 6) is -0.877. The molecule has 0 atom stereocenters. The third-order valence-electron chi connectivity index (χ3n) is 4.57. The molecule has 158 valence electrons. The van der Waals surface area contributed by atoms with Gasteiger partial charge < -0.3 is 9.64 Å². The summed E-state index contributed by atoms with van der Waals surface area (Å²) in [5.41, 5.74) is -1.51. The molecule has 1 amide bonds. The number of benzene rings is 2. The monoisotopic (exact) mass is 429 g/mol. The van der Waals surface area contributed by atoms with Gasteiger partial charge in [-0.3, -0.25) is 9.78 Å². The number of carbonyl (C=O) groups excluding carboxylic acids is 1. The lowest BCUT2D eigenvalue weighted by Gasteiger charge is -2.20. The number of halogens is 4. The molecule has 0 spiro atoms. The van der Waals surface area contributed by atoms with Crippen molar-refractivity contribution in [3.05, 3.63) is 77.4 Å². The van der Waals surface area contributed by atoms with E-state index >= 15 is 0 Å². The van der Waals surface area contributed by atoms with Gasteiger partial charge in [0.25, 0.3) is 5.91 Å². The molecule has 0 saturated carbocycles. The second-order valence-corrected chi connectivity index (χ2v) is 6.46. The van der Waals surface area contributed by atoms with Crippen LogP contribution < -0.4 is 9.64 Å². The van der Waals surface area contributed by atoms with E-state index in [0.717, 1.165) is 12.3 Å². The van der Waals surface area contributed by atoms with Crippen LogP contribution in [0.4, 0.5) is 23.2 Å². The Hall–Kier alpha value is -3.93. The molecule has 1 heterocycles. The number of pyridine rings is 1. The van der Waals surface area contributed by atoms with Crippen LogP contribution in [0.3, 0.4) is 0 Å². The van der Waals surface area contributed by atoms with E-state index in [1.165, 1.54) is 31.2 Å². The van der Waals surface area contributed by atoms with Crippen LogP contribution in [0, 0.1) is 17.1 Å². The number of ether oxygens (including phenoxy) is 1. The maximum atomic E-state index is 14.5. The van der Waals surface area contributed by atoms with Crippen LogP contribution in [0.25, 0.3) is 11.1 Å². The van der Waals surface area contributed by atoms with Crippen LogP contribution in [-0.2, 0) is 6.18 Å². The summed E-state index contributed by atoms with van der Waals surface area (Å²) >= 11 is 0. The lowest BCUT2D eigenvalue weighted by molar-refractivity contribution is -0.141. The number of hydrogen-bond acceptors (Lipinski definition) is 4. The van der Waals surface area contributed by atoms with Crippen LogP contribution in [-0.4, -0.2) is 25.0 Å². The second-order valence-electron chi connectivity index (χ2n) is 6.46. The van der Waals surface area contributed by atoms with Gasteiger partial charge in [0.05, 0.1) is 24.4 Å². The first-order chi connectivity index (χ1) is 14.7. The van der Waals surface area contributed by atoms with Crippen molar-refractivity contribution >= 4 is 11.6 Å². The number of rotatable bonds is 4. The molecule has 0 unspecified atom stereocenters. The summed E-state index contributed by atoms with van der Waals surface area (Å²) < 4.78 is 58.4. The van der Waals surface area contributed by atoms with Gasteiger partial charge in [0, 0.05) is 29.9 Å². The maximum Gasteiger partial charge on any atom is 0.433 e. The summed E-state index contributed by atoms with van der Waals surface area (Å²) in [6.07, 6.45) is -3.98. The Bertz CT molecular complexity index is 1190. The zero-order valence-corrected chi connectivity index (χ0v) is 16.4. The molecule has 0 aliphatic rings. The van der Waals surface area contributed by atoms with Gasteiger partial charge in [-0.15, -0.1) is 0 Å². The van der Waals surface area contributed by atoms with Crippen LogP contribution in [0.15, 0.2) is 54.7 Å². The molecule has 3 rings (SSSR count). The Morgan fingerprint density at radius 2 is 1.84 bits per heavy atom. The van der Waals surface area contributed by atoms with Gasteiger partial charge in [-0.25, -0.2) is 4.39 Å². The first-order valence-electron chi connectivity index (χ1n) is 8.85. The fourth-order valence-electron chi connectivity index (χ4n) is 2.99. The van der Waals surface area contributed by atoms with E-state index in [1.807, 2.05) is 0 Å². The Kier molecular flexibility index (Phi) is 5.92. The minimum absolute atomic E-state index is 0.0635. The smallest absolute Gasteiger partial charge is 0.433 e. The van der Waals surface area contributed by atoms with Gasteiger partial charge >= 0.3 is 6.18 Å². The van der Waals surface area contributed by atoms with Gasteiger partial charge in [-0.1, -0.05) is 12.1 Å². The normalized spacial score (nSPS) is 11.0. The number of alkyl halides is 3. The average molecular weight is 429 g/mol. The van der Waals surface area contributed by atoms with Gasteiger partial charge in [0.15, 0.2) is 0 Å². The molecule has 0 bridgehead atoms. The molecule has 9 heteroatoms. The van der Waals surface area contributed by atoms with Crippen molar-refractivity contribution in [1.82, 2.24) is 4.98 Å². The van der Waals surface area contributed by atoms with Crippen molar-refractivity contribution in [2.75, 3.05) is 19.1 Å². The van der Waals surface area contributed by atoms with Crippen molar-refractivity contribution in [2.45, 2.75) is 6.18 Å². The topological polar surface area (TPSA) is 66.2 Å². The van der Waals surface area contributed by atoms with Crippen LogP contribution in [0.2, 0.25) is 0 Å². The van der Waals surface area contributed by atoms with Gasteiger partial charge in [0.1, 0.15) is 17.3 Å². The fourth-order valence-corrected chi connectivity index (χ4v) is 2.99. The predicted octanol–water partition coefficient (Wildman–Crippen LogP) is 5.06. The van der Waals surface area contributed by atoms with Crippen LogP contribution >= 0.6 is 0 Å². The second kappa shape index (κ2) is 8.44. The standard InChI is InChI=1S/C22H15F4N3O2/c1-29(18-5-3-4-6-19(18)31-2)21(30)13-7-8-17(23)15(9-13)16-12-28-20(22(24,25)26)10-14(16)11-27/h3-10,12H,1-2H3. The Morgan fingerprint density at radius 3 is 2.48 bits per heavy atom. The van der Waals surface area contributed by atoms with Crippen molar-refractivity contribution in [3.8, 4) is 22.9 Å². The molecule has 0 N–H and O–H groups in total. The van der Waals surface area contributed by atoms with Crippen LogP contribution in [0.1, 0.15) is 21.6 Å². The van der Waals surface area contributed by atoms with E-state index in [-0.39, 0.29) is 16.7 Å². The number of nitrogens with zero attached hydrogens (tertiary/aromatic N) is 3. The van der Waals surface area contributed by atoms with Crippen molar-refractivity contribution < 1.29 is 27.1 Å². The minimum Gasteiger partial charge on any atom is -0.495 e. The summed E-state index contributed by atoms with van der Waals surface area (Å²) in [7, 11) is 2.96. The molecule has 0 saturated heterocycles. The van der Waals surface area contributed by atoms with Crippen LogP contribution in [0.5, 0.6) is 5.75 Å². The molecular formula is C22H15F4N3O2. The number of hydrogen-bond donors (Lipinski definition) is 0. The first-order valence-corrected chi connectivity index (χ1v) is 8.85. The fraction of sp³-hybridized carbons (Fsp3) is 0.136. The molecular weight excluding hydrogens is 414 g/mol.